The van der Waals surface area contributed by atoms with Crippen LogP contribution in [0, 0.1) is 0 Å². The predicted molar refractivity (Wildman–Crippen MR) is 58.6 cm³/mol. The quantitative estimate of drug-likeness (QED) is 0.841. The summed E-state index contributed by atoms with van der Waals surface area (Å²) in [4.78, 5) is 8.44. The summed E-state index contributed by atoms with van der Waals surface area (Å²) in [6, 6.07) is 0.671. The number of hydrogen-bond donors (Lipinski definition) is 1. The highest BCUT2D eigenvalue weighted by molar-refractivity contribution is 5.48. The van der Waals surface area contributed by atoms with E-state index in [4.69, 9.17) is 4.42 Å². The SMILES string of the molecule is Cn1cnc(-c2cnc(CNC3CC3)o2)c1. The second-order valence-electron chi connectivity index (χ2n) is 4.20. The molecule has 0 atom stereocenters. The molecule has 16 heavy (non-hydrogen) atoms. The first-order valence-corrected chi connectivity index (χ1v) is 5.48. The lowest BCUT2D eigenvalue weighted by Gasteiger charge is -1.96. The van der Waals surface area contributed by atoms with E-state index < -0.39 is 0 Å². The number of aryl methyl sites for hydroxylation is 1. The maximum atomic E-state index is 5.61. The smallest absolute Gasteiger partial charge is 0.208 e. The number of nitrogens with zero attached hydrogens (tertiary/aromatic N) is 3. The number of rotatable bonds is 4. The molecule has 84 valence electrons. The second kappa shape index (κ2) is 3.75. The molecule has 2 aromatic rings. The van der Waals surface area contributed by atoms with Crippen LogP contribution < -0.4 is 5.32 Å². The van der Waals surface area contributed by atoms with Gasteiger partial charge in [0, 0.05) is 19.3 Å². The molecule has 0 aliphatic heterocycles. The molecule has 2 heterocycles. The van der Waals surface area contributed by atoms with Gasteiger partial charge in [0.2, 0.25) is 5.89 Å². The summed E-state index contributed by atoms with van der Waals surface area (Å²) in [5.41, 5.74) is 0.827. The highest BCUT2D eigenvalue weighted by Crippen LogP contribution is 2.21. The molecule has 1 aliphatic rings. The van der Waals surface area contributed by atoms with Gasteiger partial charge in [-0.1, -0.05) is 0 Å². The van der Waals surface area contributed by atoms with Crippen LogP contribution in [0.2, 0.25) is 0 Å². The molecular weight excluding hydrogens is 204 g/mol. The van der Waals surface area contributed by atoms with E-state index in [-0.39, 0.29) is 0 Å². The molecule has 1 fully saturated rings. The molecule has 3 rings (SSSR count). The Morgan fingerprint density at radius 1 is 1.50 bits per heavy atom. The lowest BCUT2D eigenvalue weighted by atomic mass is 10.4. The van der Waals surface area contributed by atoms with Crippen molar-refractivity contribution in [3.05, 3.63) is 24.6 Å². The Kier molecular flexibility index (Phi) is 2.25. The van der Waals surface area contributed by atoms with Crippen molar-refractivity contribution in [1.82, 2.24) is 19.9 Å². The van der Waals surface area contributed by atoms with Gasteiger partial charge in [-0.2, -0.15) is 0 Å². The minimum Gasteiger partial charge on any atom is -0.438 e. The standard InChI is InChI=1S/C11H14N4O/c1-15-6-9(14-7-15)10-4-13-11(16-10)5-12-8-2-3-8/h4,6-8,12H,2-3,5H2,1H3. The van der Waals surface area contributed by atoms with Crippen LogP contribution in [-0.2, 0) is 13.6 Å². The Balaban J connectivity index is 1.71. The lowest BCUT2D eigenvalue weighted by molar-refractivity contribution is 0.476. The molecule has 0 spiro atoms. The Bertz CT molecular complexity index is 484. The number of aromatic nitrogens is 3. The fraction of sp³-hybridized carbons (Fsp3) is 0.455. The summed E-state index contributed by atoms with van der Waals surface area (Å²) in [6.07, 6.45) is 7.94. The van der Waals surface area contributed by atoms with E-state index in [1.165, 1.54) is 12.8 Å². The molecule has 1 aliphatic carbocycles. The van der Waals surface area contributed by atoms with Gasteiger partial charge in [0.1, 0.15) is 5.69 Å². The zero-order chi connectivity index (χ0) is 11.0. The first kappa shape index (κ1) is 9.59. The van der Waals surface area contributed by atoms with Crippen molar-refractivity contribution >= 4 is 0 Å². The summed E-state index contributed by atoms with van der Waals surface area (Å²) in [6.45, 7) is 0.706. The van der Waals surface area contributed by atoms with Crippen molar-refractivity contribution in [2.24, 2.45) is 7.05 Å². The largest absolute Gasteiger partial charge is 0.438 e. The fourth-order valence-electron chi connectivity index (χ4n) is 1.57. The molecule has 1 saturated carbocycles. The van der Waals surface area contributed by atoms with E-state index in [9.17, 15) is 0 Å². The fourth-order valence-corrected chi connectivity index (χ4v) is 1.57. The van der Waals surface area contributed by atoms with Crippen LogP contribution in [0.1, 0.15) is 18.7 Å². The molecule has 2 aromatic heterocycles. The zero-order valence-corrected chi connectivity index (χ0v) is 9.18. The van der Waals surface area contributed by atoms with Gasteiger partial charge in [-0.25, -0.2) is 9.97 Å². The van der Waals surface area contributed by atoms with Crippen molar-refractivity contribution in [3.63, 3.8) is 0 Å². The molecule has 0 radical (unpaired) electrons. The van der Waals surface area contributed by atoms with E-state index in [1.54, 1.807) is 12.5 Å². The maximum Gasteiger partial charge on any atom is 0.208 e. The van der Waals surface area contributed by atoms with Crippen molar-refractivity contribution < 1.29 is 4.42 Å². The average molecular weight is 218 g/mol. The topological polar surface area (TPSA) is 55.9 Å². The van der Waals surface area contributed by atoms with Crippen LogP contribution >= 0.6 is 0 Å². The van der Waals surface area contributed by atoms with E-state index in [0.29, 0.717) is 12.6 Å². The number of nitrogens with one attached hydrogen (secondary N) is 1. The Labute approximate surface area is 93.5 Å². The molecule has 5 nitrogen and oxygen atoms in total. The van der Waals surface area contributed by atoms with Crippen LogP contribution in [-0.4, -0.2) is 20.6 Å². The third-order valence-corrected chi connectivity index (χ3v) is 2.63. The van der Waals surface area contributed by atoms with Gasteiger partial charge < -0.3 is 14.3 Å². The number of hydrogen-bond acceptors (Lipinski definition) is 4. The minimum absolute atomic E-state index is 0.671. The normalized spacial score (nSPS) is 15.6. The van der Waals surface area contributed by atoms with Crippen LogP contribution in [0.25, 0.3) is 11.5 Å². The summed E-state index contributed by atoms with van der Waals surface area (Å²) in [5, 5.41) is 3.36. The van der Waals surface area contributed by atoms with Gasteiger partial charge in [-0.05, 0) is 12.8 Å². The highest BCUT2D eigenvalue weighted by Gasteiger charge is 2.21. The molecular formula is C11H14N4O. The Morgan fingerprint density at radius 2 is 2.38 bits per heavy atom. The molecule has 1 N–H and O–H groups in total. The molecule has 0 amide bonds. The minimum atomic E-state index is 0.671. The van der Waals surface area contributed by atoms with Gasteiger partial charge in [0.05, 0.1) is 19.1 Å². The zero-order valence-electron chi connectivity index (χ0n) is 9.18. The monoisotopic (exact) mass is 218 g/mol. The summed E-state index contributed by atoms with van der Waals surface area (Å²) >= 11 is 0. The predicted octanol–water partition coefficient (Wildman–Crippen LogP) is 1.33. The Hall–Kier alpha value is -1.62. The lowest BCUT2D eigenvalue weighted by Crippen LogP contribution is -2.15. The van der Waals surface area contributed by atoms with Gasteiger partial charge in [-0.3, -0.25) is 0 Å². The number of oxazole rings is 1. The third-order valence-electron chi connectivity index (χ3n) is 2.63. The van der Waals surface area contributed by atoms with Crippen LogP contribution in [0.3, 0.4) is 0 Å². The molecule has 0 aromatic carbocycles. The van der Waals surface area contributed by atoms with Crippen molar-refractivity contribution in [2.75, 3.05) is 0 Å². The highest BCUT2D eigenvalue weighted by atomic mass is 16.4. The molecule has 0 unspecified atom stereocenters. The van der Waals surface area contributed by atoms with Gasteiger partial charge >= 0.3 is 0 Å². The number of imidazole rings is 1. The maximum absolute atomic E-state index is 5.61. The van der Waals surface area contributed by atoms with Gasteiger partial charge in [0.15, 0.2) is 5.76 Å². The van der Waals surface area contributed by atoms with E-state index in [1.807, 2.05) is 17.8 Å². The summed E-state index contributed by atoms with van der Waals surface area (Å²) in [5.74, 6) is 1.46. The molecule has 5 heteroatoms. The van der Waals surface area contributed by atoms with E-state index >= 15 is 0 Å². The van der Waals surface area contributed by atoms with Gasteiger partial charge in [0.25, 0.3) is 0 Å². The second-order valence-corrected chi connectivity index (χ2v) is 4.20. The van der Waals surface area contributed by atoms with Crippen molar-refractivity contribution in [2.45, 2.75) is 25.4 Å². The summed E-state index contributed by atoms with van der Waals surface area (Å²) in [7, 11) is 1.93. The first-order chi connectivity index (χ1) is 7.81. The Morgan fingerprint density at radius 3 is 3.06 bits per heavy atom. The summed E-state index contributed by atoms with van der Waals surface area (Å²) < 4.78 is 7.50. The third kappa shape index (κ3) is 1.99. The average Bonchev–Trinajstić information content (AvgIpc) is 2.81. The van der Waals surface area contributed by atoms with E-state index in [0.717, 1.165) is 17.3 Å². The van der Waals surface area contributed by atoms with Crippen LogP contribution in [0.4, 0.5) is 0 Å². The molecule has 0 bridgehead atoms. The molecule has 0 saturated heterocycles. The first-order valence-electron chi connectivity index (χ1n) is 5.48. The van der Waals surface area contributed by atoms with Crippen molar-refractivity contribution in [3.8, 4) is 11.5 Å². The van der Waals surface area contributed by atoms with Crippen molar-refractivity contribution in [1.29, 1.82) is 0 Å². The van der Waals surface area contributed by atoms with E-state index in [2.05, 4.69) is 15.3 Å². The van der Waals surface area contributed by atoms with Crippen LogP contribution in [0.15, 0.2) is 23.1 Å². The van der Waals surface area contributed by atoms with Crippen LogP contribution in [0.5, 0.6) is 0 Å². The van der Waals surface area contributed by atoms with Gasteiger partial charge in [-0.15, -0.1) is 0 Å².